The summed E-state index contributed by atoms with van der Waals surface area (Å²) >= 11 is 1.45. The maximum atomic E-state index is 13.3. The molecule has 0 spiro atoms. The van der Waals surface area contributed by atoms with Crippen molar-refractivity contribution in [2.45, 2.75) is 13.5 Å². The van der Waals surface area contributed by atoms with Gasteiger partial charge in [-0.15, -0.1) is 11.3 Å². The van der Waals surface area contributed by atoms with E-state index in [1.807, 2.05) is 42.6 Å². The van der Waals surface area contributed by atoms with Crippen LogP contribution in [-0.4, -0.2) is 33.9 Å². The molecule has 0 saturated heterocycles. The Hall–Kier alpha value is -3.98. The van der Waals surface area contributed by atoms with Crippen LogP contribution in [0.2, 0.25) is 0 Å². The fourth-order valence-electron chi connectivity index (χ4n) is 3.58. The van der Waals surface area contributed by atoms with E-state index in [9.17, 15) is 4.79 Å². The first-order valence-corrected chi connectivity index (χ1v) is 11.0. The third-order valence-corrected chi connectivity index (χ3v) is 6.23. The molecule has 0 aliphatic carbocycles. The summed E-state index contributed by atoms with van der Waals surface area (Å²) in [6.45, 7) is 2.15. The van der Waals surface area contributed by atoms with E-state index in [0.717, 1.165) is 16.7 Å². The van der Waals surface area contributed by atoms with Gasteiger partial charge < -0.3 is 14.0 Å². The van der Waals surface area contributed by atoms with Crippen LogP contribution in [-0.2, 0) is 6.54 Å². The summed E-state index contributed by atoms with van der Waals surface area (Å²) in [7, 11) is 3.14. The van der Waals surface area contributed by atoms with Crippen LogP contribution in [0.3, 0.4) is 0 Å². The van der Waals surface area contributed by atoms with Crippen molar-refractivity contribution >= 4 is 21.6 Å². The molecule has 0 aliphatic heterocycles. The monoisotopic (exact) mass is 460 g/mol. The second-order valence-electron chi connectivity index (χ2n) is 7.45. The molecule has 0 amide bonds. The van der Waals surface area contributed by atoms with Gasteiger partial charge in [-0.1, -0.05) is 35.0 Å². The predicted octanol–water partition coefficient (Wildman–Crippen LogP) is 4.55. The van der Waals surface area contributed by atoms with Gasteiger partial charge >= 0.3 is 0 Å². The highest BCUT2D eigenvalue weighted by Crippen LogP contribution is 2.32. The van der Waals surface area contributed by atoms with Gasteiger partial charge in [-0.05, 0) is 30.7 Å². The second kappa shape index (κ2) is 8.51. The minimum absolute atomic E-state index is 0.116. The maximum Gasteiger partial charge on any atom is 0.263 e. The van der Waals surface area contributed by atoms with E-state index in [2.05, 4.69) is 15.1 Å². The lowest BCUT2D eigenvalue weighted by Gasteiger charge is -2.07. The van der Waals surface area contributed by atoms with E-state index in [1.54, 1.807) is 26.4 Å². The fraction of sp³-hybridized carbons (Fsp3) is 0.167. The zero-order chi connectivity index (χ0) is 22.9. The highest BCUT2D eigenvalue weighted by atomic mass is 32.1. The van der Waals surface area contributed by atoms with E-state index in [-0.39, 0.29) is 12.1 Å². The topological polar surface area (TPSA) is 92.3 Å². The van der Waals surface area contributed by atoms with Gasteiger partial charge in [0.2, 0.25) is 11.7 Å². The first-order chi connectivity index (χ1) is 16.1. The Labute approximate surface area is 193 Å². The van der Waals surface area contributed by atoms with E-state index in [0.29, 0.717) is 39.0 Å². The molecule has 2 aromatic carbocycles. The first kappa shape index (κ1) is 20.9. The molecule has 166 valence electrons. The molecule has 0 fully saturated rings. The van der Waals surface area contributed by atoms with Crippen molar-refractivity contribution in [1.82, 2.24) is 19.7 Å². The number of rotatable bonds is 6. The Morgan fingerprint density at radius 1 is 1.03 bits per heavy atom. The maximum absolute atomic E-state index is 13.3. The third kappa shape index (κ3) is 3.87. The van der Waals surface area contributed by atoms with Crippen molar-refractivity contribution in [3.05, 3.63) is 76.0 Å². The molecule has 8 nitrogen and oxygen atoms in total. The summed E-state index contributed by atoms with van der Waals surface area (Å²) in [5.41, 5.74) is 3.58. The molecule has 0 saturated carbocycles. The van der Waals surface area contributed by atoms with Gasteiger partial charge in [-0.2, -0.15) is 4.98 Å². The van der Waals surface area contributed by atoms with Gasteiger partial charge in [0, 0.05) is 16.5 Å². The van der Waals surface area contributed by atoms with Crippen LogP contribution >= 0.6 is 11.3 Å². The predicted molar refractivity (Wildman–Crippen MR) is 126 cm³/mol. The van der Waals surface area contributed by atoms with Crippen LogP contribution in [0.15, 0.2) is 63.5 Å². The molecule has 0 radical (unpaired) electrons. The summed E-state index contributed by atoms with van der Waals surface area (Å²) in [4.78, 5) is 22.9. The quantitative estimate of drug-likeness (QED) is 0.367. The molecule has 3 heterocycles. The molecule has 33 heavy (non-hydrogen) atoms. The van der Waals surface area contributed by atoms with Crippen LogP contribution < -0.4 is 15.0 Å². The van der Waals surface area contributed by atoms with Crippen LogP contribution in [0.1, 0.15) is 11.5 Å². The number of methoxy groups -OCH3 is 2. The molecule has 5 rings (SSSR count). The van der Waals surface area contributed by atoms with Crippen molar-refractivity contribution in [3.8, 4) is 34.0 Å². The highest BCUT2D eigenvalue weighted by Gasteiger charge is 2.16. The molecule has 0 N–H and O–H groups in total. The summed E-state index contributed by atoms with van der Waals surface area (Å²) < 4.78 is 17.5. The minimum atomic E-state index is -0.150. The minimum Gasteiger partial charge on any atom is -0.493 e. The SMILES string of the molecule is COc1ccc(-c2noc(Cn3cnc4scc(-c5ccc(C)cc5)c4c3=O)n2)cc1OC. The van der Waals surface area contributed by atoms with Crippen molar-refractivity contribution in [2.75, 3.05) is 14.2 Å². The van der Waals surface area contributed by atoms with Gasteiger partial charge in [0.15, 0.2) is 11.5 Å². The van der Waals surface area contributed by atoms with Gasteiger partial charge in [0.25, 0.3) is 5.56 Å². The molecule has 0 atom stereocenters. The molecular formula is C24H20N4O4S. The zero-order valence-corrected chi connectivity index (χ0v) is 19.0. The van der Waals surface area contributed by atoms with Crippen molar-refractivity contribution in [2.24, 2.45) is 0 Å². The Bertz CT molecular complexity index is 1500. The average molecular weight is 461 g/mol. The number of thiophene rings is 1. The van der Waals surface area contributed by atoms with Gasteiger partial charge in [0.05, 0.1) is 25.9 Å². The van der Waals surface area contributed by atoms with Crippen LogP contribution in [0, 0.1) is 6.92 Å². The Balaban J connectivity index is 1.48. The van der Waals surface area contributed by atoms with Crippen LogP contribution in [0.25, 0.3) is 32.7 Å². The van der Waals surface area contributed by atoms with E-state index in [4.69, 9.17) is 14.0 Å². The number of hydrogen-bond donors (Lipinski definition) is 0. The average Bonchev–Trinajstić information content (AvgIpc) is 3.49. The normalized spacial score (nSPS) is 11.1. The lowest BCUT2D eigenvalue weighted by molar-refractivity contribution is 0.355. The Morgan fingerprint density at radius 3 is 2.55 bits per heavy atom. The summed E-state index contributed by atoms with van der Waals surface area (Å²) in [5, 5.41) is 6.61. The lowest BCUT2D eigenvalue weighted by atomic mass is 10.1. The zero-order valence-electron chi connectivity index (χ0n) is 18.2. The molecule has 3 aromatic heterocycles. The van der Waals surface area contributed by atoms with Crippen molar-refractivity contribution in [1.29, 1.82) is 0 Å². The van der Waals surface area contributed by atoms with Crippen LogP contribution in [0.4, 0.5) is 0 Å². The molecular weight excluding hydrogens is 440 g/mol. The smallest absolute Gasteiger partial charge is 0.263 e. The van der Waals surface area contributed by atoms with Crippen molar-refractivity contribution in [3.63, 3.8) is 0 Å². The number of nitrogens with zero attached hydrogens (tertiary/aromatic N) is 4. The summed E-state index contributed by atoms with van der Waals surface area (Å²) in [6.07, 6.45) is 1.51. The van der Waals surface area contributed by atoms with Gasteiger partial charge in [-0.25, -0.2) is 4.98 Å². The number of hydrogen-bond acceptors (Lipinski definition) is 8. The standard InChI is InChI=1S/C24H20N4O4S/c1-14-4-6-15(7-5-14)17-12-33-23-21(17)24(29)28(13-25-23)11-20-26-22(27-32-20)16-8-9-18(30-2)19(10-16)31-3/h4-10,12-13H,11H2,1-3H3. The molecule has 0 bridgehead atoms. The van der Waals surface area contributed by atoms with E-state index in [1.165, 1.54) is 22.2 Å². The summed E-state index contributed by atoms with van der Waals surface area (Å²) in [5.74, 6) is 1.86. The summed E-state index contributed by atoms with van der Waals surface area (Å²) in [6, 6.07) is 13.4. The number of ether oxygens (including phenoxy) is 2. The molecule has 5 aromatic rings. The molecule has 0 aliphatic rings. The first-order valence-electron chi connectivity index (χ1n) is 10.2. The number of benzene rings is 2. The lowest BCUT2D eigenvalue weighted by Crippen LogP contribution is -2.21. The third-order valence-electron chi connectivity index (χ3n) is 5.34. The Kier molecular flexibility index (Phi) is 5.39. The molecule has 0 unspecified atom stereocenters. The second-order valence-corrected chi connectivity index (χ2v) is 8.31. The van der Waals surface area contributed by atoms with Crippen molar-refractivity contribution < 1.29 is 14.0 Å². The fourth-order valence-corrected chi connectivity index (χ4v) is 4.49. The van der Waals surface area contributed by atoms with E-state index < -0.39 is 0 Å². The number of aromatic nitrogens is 4. The van der Waals surface area contributed by atoms with Gasteiger partial charge in [0.1, 0.15) is 11.4 Å². The largest absolute Gasteiger partial charge is 0.493 e. The number of aryl methyl sites for hydroxylation is 1. The molecule has 9 heteroatoms. The Morgan fingerprint density at radius 2 is 1.79 bits per heavy atom. The van der Waals surface area contributed by atoms with Gasteiger partial charge in [-0.3, -0.25) is 9.36 Å². The van der Waals surface area contributed by atoms with E-state index >= 15 is 0 Å². The van der Waals surface area contributed by atoms with Crippen LogP contribution in [0.5, 0.6) is 11.5 Å². The number of fused-ring (bicyclic) bond motifs is 1. The highest BCUT2D eigenvalue weighted by molar-refractivity contribution is 7.17.